The van der Waals surface area contributed by atoms with Crippen molar-refractivity contribution in [1.82, 2.24) is 9.29 Å². The van der Waals surface area contributed by atoms with Gasteiger partial charge in [-0.2, -0.15) is 14.6 Å². The zero-order valence-corrected chi connectivity index (χ0v) is 18.4. The molecule has 0 amide bonds. The van der Waals surface area contributed by atoms with E-state index in [1.807, 2.05) is 0 Å². The highest BCUT2D eigenvalue weighted by Gasteiger charge is 2.28. The van der Waals surface area contributed by atoms with Gasteiger partial charge in [0.25, 0.3) is 0 Å². The molecule has 2 saturated heterocycles. The molecule has 2 aromatic rings. The van der Waals surface area contributed by atoms with E-state index in [1.54, 1.807) is 28.6 Å². The first kappa shape index (κ1) is 20.9. The van der Waals surface area contributed by atoms with Crippen molar-refractivity contribution in [2.45, 2.75) is 44.4 Å². The molecule has 0 radical (unpaired) electrons. The molecule has 0 saturated carbocycles. The number of anilines is 1. The third kappa shape index (κ3) is 4.09. The summed E-state index contributed by atoms with van der Waals surface area (Å²) in [6.45, 7) is 7.20. The van der Waals surface area contributed by atoms with Crippen LogP contribution in [0.4, 0.5) is 5.88 Å². The summed E-state index contributed by atoms with van der Waals surface area (Å²) >= 11 is 0. The minimum atomic E-state index is -3.49. The van der Waals surface area contributed by atoms with Crippen LogP contribution in [0, 0.1) is 23.2 Å². The van der Waals surface area contributed by atoms with Crippen molar-refractivity contribution in [1.29, 1.82) is 5.26 Å². The maximum absolute atomic E-state index is 12.9. The molecular weight excluding hydrogens is 400 g/mol. The highest BCUT2D eigenvalue weighted by atomic mass is 32.2. The van der Waals surface area contributed by atoms with Gasteiger partial charge >= 0.3 is 0 Å². The fourth-order valence-corrected chi connectivity index (χ4v) is 5.55. The van der Waals surface area contributed by atoms with Gasteiger partial charge < -0.3 is 9.32 Å². The van der Waals surface area contributed by atoms with Crippen LogP contribution in [-0.2, 0) is 10.0 Å². The first-order chi connectivity index (χ1) is 14.4. The van der Waals surface area contributed by atoms with Crippen molar-refractivity contribution in [3.63, 3.8) is 0 Å². The predicted molar refractivity (Wildman–Crippen MR) is 114 cm³/mol. The van der Waals surface area contributed by atoms with Gasteiger partial charge in [-0.3, -0.25) is 0 Å². The topological polar surface area (TPSA) is 90.4 Å². The average molecular weight is 429 g/mol. The van der Waals surface area contributed by atoms with Crippen molar-refractivity contribution in [2.24, 2.45) is 11.8 Å². The number of aromatic nitrogens is 1. The number of hydrogen-bond donors (Lipinski definition) is 0. The molecule has 8 heteroatoms. The summed E-state index contributed by atoms with van der Waals surface area (Å²) in [7, 11) is -3.49. The van der Waals surface area contributed by atoms with E-state index in [9.17, 15) is 13.7 Å². The van der Waals surface area contributed by atoms with Gasteiger partial charge in [0.2, 0.25) is 27.5 Å². The second-order valence-corrected chi connectivity index (χ2v) is 10.5. The fourth-order valence-electron chi connectivity index (χ4n) is 4.08. The van der Waals surface area contributed by atoms with Crippen LogP contribution in [0.1, 0.15) is 45.2 Å². The summed E-state index contributed by atoms with van der Waals surface area (Å²) in [6, 6.07) is 8.73. The first-order valence-corrected chi connectivity index (χ1v) is 12.1. The maximum Gasteiger partial charge on any atom is 0.243 e. The lowest BCUT2D eigenvalue weighted by Gasteiger charge is -2.29. The zero-order valence-electron chi connectivity index (χ0n) is 17.5. The maximum atomic E-state index is 12.9. The number of oxazole rings is 1. The molecule has 160 valence electrons. The number of nitrogens with zero attached hydrogens (tertiary/aromatic N) is 4. The Hall–Kier alpha value is -2.37. The van der Waals surface area contributed by atoms with Gasteiger partial charge in [-0.25, -0.2) is 8.42 Å². The van der Waals surface area contributed by atoms with E-state index in [-0.39, 0.29) is 10.6 Å². The molecule has 1 aromatic carbocycles. The lowest BCUT2D eigenvalue weighted by atomic mass is 9.99. The summed E-state index contributed by atoms with van der Waals surface area (Å²) in [6.07, 6.45) is 3.90. The third-order valence-corrected chi connectivity index (χ3v) is 8.18. The van der Waals surface area contributed by atoms with Crippen LogP contribution in [0.2, 0.25) is 0 Å². The molecule has 0 atom stereocenters. The van der Waals surface area contributed by atoms with Crippen molar-refractivity contribution in [3.8, 4) is 17.5 Å². The summed E-state index contributed by atoms with van der Waals surface area (Å²) in [4.78, 5) is 6.70. The summed E-state index contributed by atoms with van der Waals surface area (Å²) in [5, 5.41) is 9.49. The molecule has 2 aliphatic rings. The molecule has 0 unspecified atom stereocenters. The Morgan fingerprint density at radius 3 is 2.13 bits per heavy atom. The van der Waals surface area contributed by atoms with Crippen molar-refractivity contribution in [2.75, 3.05) is 31.1 Å². The molecule has 0 N–H and O–H groups in total. The van der Waals surface area contributed by atoms with Gasteiger partial charge in [0, 0.05) is 31.7 Å². The largest absolute Gasteiger partial charge is 0.419 e. The minimum absolute atomic E-state index is 0.276. The number of sulfonamides is 1. The van der Waals surface area contributed by atoms with Gasteiger partial charge in [0.05, 0.1) is 4.90 Å². The Morgan fingerprint density at radius 1 is 1.00 bits per heavy atom. The Kier molecular flexibility index (Phi) is 5.85. The number of nitriles is 1. The second-order valence-electron chi connectivity index (χ2n) is 8.57. The van der Waals surface area contributed by atoms with Gasteiger partial charge in [-0.1, -0.05) is 13.8 Å². The van der Waals surface area contributed by atoms with Gasteiger partial charge in [0.1, 0.15) is 6.07 Å². The Morgan fingerprint density at radius 2 is 1.57 bits per heavy atom. The van der Waals surface area contributed by atoms with Gasteiger partial charge in [-0.05, 0) is 61.8 Å². The molecule has 0 spiro atoms. The molecule has 0 bridgehead atoms. The fraction of sp³-hybridized carbons (Fsp3) is 0.545. The van der Waals surface area contributed by atoms with Crippen molar-refractivity contribution in [3.05, 3.63) is 30.0 Å². The minimum Gasteiger partial charge on any atom is -0.419 e. The van der Waals surface area contributed by atoms with Gasteiger partial charge in [-0.15, -0.1) is 0 Å². The monoisotopic (exact) mass is 428 g/mol. The Bertz CT molecular complexity index is 1020. The highest BCUT2D eigenvalue weighted by Crippen LogP contribution is 2.32. The van der Waals surface area contributed by atoms with E-state index in [0.717, 1.165) is 38.8 Å². The molecule has 7 nitrogen and oxygen atoms in total. The Balaban J connectivity index is 1.55. The molecule has 2 fully saturated rings. The van der Waals surface area contributed by atoms with E-state index in [1.165, 1.54) is 0 Å². The predicted octanol–water partition coefficient (Wildman–Crippen LogP) is 3.87. The SMILES string of the molecule is CC1CCN(c2oc(-c3ccc(S(=O)(=O)N4CCC(C)CC4)cc3)nc2C#N)CC1. The van der Waals surface area contributed by atoms with Crippen LogP contribution in [0.15, 0.2) is 33.6 Å². The third-order valence-electron chi connectivity index (χ3n) is 6.27. The standard InChI is InChI=1S/C22H28N4O3S/c1-16-7-11-25(12-8-16)22-20(15-23)24-21(29-22)18-3-5-19(6-4-18)30(27,28)26-13-9-17(2)10-14-26/h3-6,16-17H,7-14H2,1-2H3. The van der Waals surface area contributed by atoms with Crippen molar-refractivity contribution < 1.29 is 12.8 Å². The average Bonchev–Trinajstić information content (AvgIpc) is 3.19. The quantitative estimate of drug-likeness (QED) is 0.734. The normalized spacial score (nSPS) is 19.7. The smallest absolute Gasteiger partial charge is 0.243 e. The van der Waals surface area contributed by atoms with Crippen molar-refractivity contribution >= 4 is 15.9 Å². The van der Waals surface area contributed by atoms with Crippen LogP contribution >= 0.6 is 0 Å². The molecule has 0 aliphatic carbocycles. The second kappa shape index (κ2) is 8.40. The lowest BCUT2D eigenvalue weighted by molar-refractivity contribution is 0.288. The van der Waals surface area contributed by atoms with E-state index in [4.69, 9.17) is 4.42 Å². The first-order valence-electron chi connectivity index (χ1n) is 10.6. The summed E-state index contributed by atoms with van der Waals surface area (Å²) in [5.41, 5.74) is 0.938. The number of benzene rings is 1. The van der Waals surface area contributed by atoms with E-state index < -0.39 is 10.0 Å². The van der Waals surface area contributed by atoms with Gasteiger partial charge in [0.15, 0.2) is 0 Å². The number of rotatable bonds is 4. The molecule has 2 aliphatic heterocycles. The Labute approximate surface area is 178 Å². The number of hydrogen-bond acceptors (Lipinski definition) is 6. The van der Waals surface area contributed by atoms with E-state index >= 15 is 0 Å². The zero-order chi connectivity index (χ0) is 21.3. The van der Waals surface area contributed by atoms with E-state index in [2.05, 4.69) is 29.8 Å². The molecular formula is C22H28N4O3S. The van der Waals surface area contributed by atoms with Crippen LogP contribution in [0.3, 0.4) is 0 Å². The summed E-state index contributed by atoms with van der Waals surface area (Å²) in [5.74, 6) is 2.09. The van der Waals surface area contributed by atoms with Crippen LogP contribution in [0.25, 0.3) is 11.5 Å². The number of piperidine rings is 2. The van der Waals surface area contributed by atoms with Crippen LogP contribution in [-0.4, -0.2) is 43.9 Å². The molecule has 4 rings (SSSR count). The van der Waals surface area contributed by atoms with Crippen LogP contribution in [0.5, 0.6) is 0 Å². The molecule has 30 heavy (non-hydrogen) atoms. The highest BCUT2D eigenvalue weighted by molar-refractivity contribution is 7.89. The molecule has 1 aromatic heterocycles. The summed E-state index contributed by atoms with van der Waals surface area (Å²) < 4.78 is 33.4. The van der Waals surface area contributed by atoms with Crippen LogP contribution < -0.4 is 4.90 Å². The van der Waals surface area contributed by atoms with E-state index in [0.29, 0.717) is 42.3 Å². The lowest BCUT2D eigenvalue weighted by Crippen LogP contribution is -2.37. The molecule has 3 heterocycles.